The highest BCUT2D eigenvalue weighted by molar-refractivity contribution is 7.10. The van der Waals surface area contributed by atoms with E-state index in [9.17, 15) is 4.79 Å². The molecule has 0 saturated heterocycles. The fourth-order valence-electron chi connectivity index (χ4n) is 3.82. The van der Waals surface area contributed by atoms with E-state index in [1.165, 1.54) is 17.0 Å². The van der Waals surface area contributed by atoms with Gasteiger partial charge in [-0.2, -0.15) is 4.57 Å². The van der Waals surface area contributed by atoms with Crippen molar-refractivity contribution in [2.24, 2.45) is 7.05 Å². The quantitative estimate of drug-likeness (QED) is 0.454. The summed E-state index contributed by atoms with van der Waals surface area (Å²) in [6.07, 6.45) is 2.09. The Morgan fingerprint density at radius 2 is 2.00 bits per heavy atom. The van der Waals surface area contributed by atoms with Gasteiger partial charge in [-0.25, -0.2) is 0 Å². The maximum atomic E-state index is 13.3. The van der Waals surface area contributed by atoms with Crippen LogP contribution in [0.5, 0.6) is 5.75 Å². The van der Waals surface area contributed by atoms with Crippen LogP contribution >= 0.6 is 22.7 Å². The van der Waals surface area contributed by atoms with Crippen molar-refractivity contribution in [1.29, 1.82) is 0 Å². The molecule has 2 aromatic heterocycles. The van der Waals surface area contributed by atoms with Crippen LogP contribution < -0.4 is 29.0 Å². The fourth-order valence-corrected chi connectivity index (χ4v) is 5.99. The summed E-state index contributed by atoms with van der Waals surface area (Å²) < 4.78 is 11.7. The largest absolute Gasteiger partial charge is 0.437 e. The standard InChI is InChI=1S/C23H22N3O2S2/c1-5-26-19(12-18-24(3)14(2)13-29-18)30-21(22(26)27)23-25(4)20-16-9-7-6-8-15(16)10-11-17(20)28-23/h6-13H,5H2,1-4H3/q+1. The van der Waals surface area contributed by atoms with Gasteiger partial charge in [0, 0.05) is 25.9 Å². The van der Waals surface area contributed by atoms with Crippen LogP contribution in [0.1, 0.15) is 17.6 Å². The normalized spacial score (nSPS) is 15.7. The van der Waals surface area contributed by atoms with Crippen LogP contribution in [-0.4, -0.2) is 11.6 Å². The van der Waals surface area contributed by atoms with Crippen LogP contribution in [0.15, 0.2) is 46.6 Å². The number of aromatic nitrogens is 2. The summed E-state index contributed by atoms with van der Waals surface area (Å²) in [7, 11) is 4.01. The summed E-state index contributed by atoms with van der Waals surface area (Å²) >= 11 is 3.16. The summed E-state index contributed by atoms with van der Waals surface area (Å²) in [6, 6.07) is 12.3. The number of hydrogen-bond donors (Lipinski definition) is 0. The molecule has 0 bridgehead atoms. The number of hydrogen-bond acceptors (Lipinski definition) is 5. The summed E-state index contributed by atoms with van der Waals surface area (Å²) in [5.74, 6) is 1.39. The number of fused-ring (bicyclic) bond motifs is 3. The number of rotatable bonds is 2. The van der Waals surface area contributed by atoms with Gasteiger partial charge in [0.15, 0.2) is 16.0 Å². The first-order valence-electron chi connectivity index (χ1n) is 9.82. The van der Waals surface area contributed by atoms with Gasteiger partial charge in [0.05, 0.1) is 17.1 Å². The lowest BCUT2D eigenvalue weighted by Crippen LogP contribution is -2.35. The highest BCUT2D eigenvalue weighted by Crippen LogP contribution is 2.43. The smallest absolute Gasteiger partial charge is 0.274 e. The molecule has 0 atom stereocenters. The minimum absolute atomic E-state index is 0.0105. The second-order valence-electron chi connectivity index (χ2n) is 7.34. The van der Waals surface area contributed by atoms with Crippen molar-refractivity contribution in [1.82, 2.24) is 4.57 Å². The van der Waals surface area contributed by atoms with Gasteiger partial charge >= 0.3 is 0 Å². The van der Waals surface area contributed by atoms with E-state index in [-0.39, 0.29) is 5.56 Å². The molecule has 152 valence electrons. The van der Waals surface area contributed by atoms with Crippen LogP contribution in [0.2, 0.25) is 0 Å². The predicted octanol–water partition coefficient (Wildman–Crippen LogP) is 2.70. The van der Waals surface area contributed by atoms with Crippen molar-refractivity contribution >= 4 is 51.1 Å². The van der Waals surface area contributed by atoms with Crippen molar-refractivity contribution in [2.45, 2.75) is 20.4 Å². The van der Waals surface area contributed by atoms with Crippen LogP contribution in [0, 0.1) is 6.92 Å². The molecular weight excluding hydrogens is 414 g/mol. The van der Waals surface area contributed by atoms with Crippen molar-refractivity contribution in [3.63, 3.8) is 0 Å². The van der Waals surface area contributed by atoms with Gasteiger partial charge in [-0.3, -0.25) is 9.36 Å². The van der Waals surface area contributed by atoms with Gasteiger partial charge in [-0.1, -0.05) is 41.7 Å². The lowest BCUT2D eigenvalue weighted by atomic mass is 10.1. The highest BCUT2D eigenvalue weighted by atomic mass is 32.1. The van der Waals surface area contributed by atoms with E-state index in [0.717, 1.165) is 31.9 Å². The maximum Gasteiger partial charge on any atom is 0.274 e. The molecule has 0 aliphatic carbocycles. The molecule has 5 rings (SSSR count). The molecular formula is C23H22N3O2S2+. The Morgan fingerprint density at radius 1 is 1.20 bits per heavy atom. The zero-order valence-electron chi connectivity index (χ0n) is 17.3. The second-order valence-corrected chi connectivity index (χ2v) is 9.26. The molecule has 0 fully saturated rings. The first kappa shape index (κ1) is 19.1. The van der Waals surface area contributed by atoms with Crippen LogP contribution in [0.4, 0.5) is 5.69 Å². The first-order valence-corrected chi connectivity index (χ1v) is 11.5. The van der Waals surface area contributed by atoms with Gasteiger partial charge in [-0.05, 0) is 18.4 Å². The molecule has 0 saturated carbocycles. The van der Waals surface area contributed by atoms with Gasteiger partial charge in [-0.15, -0.1) is 11.3 Å². The van der Waals surface area contributed by atoms with Crippen molar-refractivity contribution in [3.8, 4) is 5.75 Å². The molecule has 2 aromatic carbocycles. The van der Waals surface area contributed by atoms with E-state index in [2.05, 4.69) is 41.1 Å². The Morgan fingerprint density at radius 3 is 2.73 bits per heavy atom. The van der Waals surface area contributed by atoms with E-state index >= 15 is 0 Å². The Hall–Kier alpha value is -2.90. The second kappa shape index (κ2) is 7.11. The lowest BCUT2D eigenvalue weighted by molar-refractivity contribution is -0.674. The molecule has 0 spiro atoms. The molecule has 4 aromatic rings. The van der Waals surface area contributed by atoms with Crippen molar-refractivity contribution in [3.05, 3.63) is 72.0 Å². The number of thiazole rings is 2. The molecule has 1 aliphatic heterocycles. The zero-order chi connectivity index (χ0) is 21.0. The van der Waals surface area contributed by atoms with Gasteiger partial charge in [0.1, 0.15) is 11.7 Å². The van der Waals surface area contributed by atoms with Gasteiger partial charge in [0.25, 0.3) is 10.6 Å². The Balaban J connectivity index is 1.75. The van der Waals surface area contributed by atoms with E-state index in [0.29, 0.717) is 17.0 Å². The molecule has 0 amide bonds. The molecule has 5 nitrogen and oxygen atoms in total. The third-order valence-electron chi connectivity index (χ3n) is 5.59. The zero-order valence-corrected chi connectivity index (χ0v) is 18.9. The van der Waals surface area contributed by atoms with Crippen LogP contribution in [0.25, 0.3) is 22.7 Å². The topological polar surface area (TPSA) is 38.4 Å². The third kappa shape index (κ3) is 2.80. The molecule has 30 heavy (non-hydrogen) atoms. The van der Waals surface area contributed by atoms with Gasteiger partial charge in [0.2, 0.25) is 5.88 Å². The lowest BCUT2D eigenvalue weighted by Gasteiger charge is -2.12. The predicted molar refractivity (Wildman–Crippen MR) is 124 cm³/mol. The highest BCUT2D eigenvalue weighted by Gasteiger charge is 2.27. The summed E-state index contributed by atoms with van der Waals surface area (Å²) in [6.45, 7) is 4.70. The Bertz CT molecular complexity index is 1480. The molecule has 1 aliphatic rings. The molecule has 0 radical (unpaired) electrons. The number of aryl methyl sites for hydroxylation is 1. The number of benzene rings is 2. The van der Waals surface area contributed by atoms with E-state index in [1.807, 2.05) is 48.7 Å². The van der Waals surface area contributed by atoms with Crippen LogP contribution in [-0.2, 0) is 13.6 Å². The Labute approximate surface area is 182 Å². The Kier molecular flexibility index (Phi) is 4.52. The molecule has 0 unspecified atom stereocenters. The molecule has 7 heteroatoms. The minimum atomic E-state index is -0.0105. The monoisotopic (exact) mass is 436 g/mol. The molecule has 3 heterocycles. The minimum Gasteiger partial charge on any atom is -0.437 e. The van der Waals surface area contributed by atoms with E-state index < -0.39 is 0 Å². The van der Waals surface area contributed by atoms with Crippen LogP contribution in [0.3, 0.4) is 0 Å². The third-order valence-corrected chi connectivity index (χ3v) is 7.78. The average molecular weight is 437 g/mol. The van der Waals surface area contributed by atoms with E-state index in [1.54, 1.807) is 11.3 Å². The summed E-state index contributed by atoms with van der Waals surface area (Å²) in [4.78, 5) is 15.3. The fraction of sp³-hybridized carbons (Fsp3) is 0.217. The summed E-state index contributed by atoms with van der Waals surface area (Å²) in [5.41, 5.74) is 2.19. The van der Waals surface area contributed by atoms with Crippen molar-refractivity contribution < 1.29 is 9.30 Å². The number of ether oxygens (including phenoxy) is 1. The van der Waals surface area contributed by atoms with E-state index in [4.69, 9.17) is 4.74 Å². The van der Waals surface area contributed by atoms with Crippen molar-refractivity contribution in [2.75, 3.05) is 11.9 Å². The summed E-state index contributed by atoms with van der Waals surface area (Å²) in [5, 5.41) is 5.51. The van der Waals surface area contributed by atoms with Gasteiger partial charge < -0.3 is 9.64 Å². The maximum absolute atomic E-state index is 13.3. The SMILES string of the molecule is CCn1c(=Cc2scc(C)[n+]2C)sc(=C2Oc3ccc4ccccc4c3N2C)c1=O. The molecule has 0 N–H and O–H groups in total. The number of anilines is 1. The average Bonchev–Trinajstić information content (AvgIpc) is 3.37. The first-order chi connectivity index (χ1) is 14.5. The number of nitrogens with zero attached hydrogens (tertiary/aromatic N) is 3.